The van der Waals surface area contributed by atoms with Gasteiger partial charge in [-0.25, -0.2) is 8.42 Å². The van der Waals surface area contributed by atoms with Gasteiger partial charge in [-0.2, -0.15) is 0 Å². The Labute approximate surface area is 203 Å². The summed E-state index contributed by atoms with van der Waals surface area (Å²) in [6.45, 7) is 12.1. The van der Waals surface area contributed by atoms with Crippen molar-refractivity contribution < 1.29 is 13.2 Å². The number of aryl methyl sites for hydroxylation is 3. The van der Waals surface area contributed by atoms with Crippen LogP contribution in [0.25, 0.3) is 0 Å². The van der Waals surface area contributed by atoms with Gasteiger partial charge >= 0.3 is 0 Å². The first-order valence-corrected chi connectivity index (χ1v) is 13.0. The van der Waals surface area contributed by atoms with Gasteiger partial charge in [0.05, 0.1) is 4.90 Å². The number of nitrogens with one attached hydrogen (secondary N) is 2. The van der Waals surface area contributed by atoms with Gasteiger partial charge in [0.2, 0.25) is 0 Å². The zero-order chi connectivity index (χ0) is 24.9. The van der Waals surface area contributed by atoms with E-state index in [0.717, 1.165) is 35.5 Å². The smallest absolute Gasteiger partial charge is 0.262 e. The highest BCUT2D eigenvalue weighted by Crippen LogP contribution is 2.23. The van der Waals surface area contributed by atoms with E-state index in [9.17, 15) is 13.2 Å². The number of anilines is 2. The van der Waals surface area contributed by atoms with E-state index in [2.05, 4.69) is 28.8 Å². The zero-order valence-corrected chi connectivity index (χ0v) is 21.3. The molecule has 2 N–H and O–H groups in total. The highest BCUT2D eigenvalue weighted by atomic mass is 32.2. The number of hydrogen-bond acceptors (Lipinski definition) is 4. The number of carbonyl (C=O) groups is 1. The fourth-order valence-electron chi connectivity index (χ4n) is 3.74. The number of amides is 1. The van der Waals surface area contributed by atoms with Gasteiger partial charge in [0, 0.05) is 36.6 Å². The van der Waals surface area contributed by atoms with Crippen LogP contribution in [0.3, 0.4) is 0 Å². The number of carbonyl (C=O) groups excluding carboxylic acids is 1. The van der Waals surface area contributed by atoms with Gasteiger partial charge in [-0.15, -0.1) is 0 Å². The van der Waals surface area contributed by atoms with Crippen molar-refractivity contribution in [1.82, 2.24) is 5.32 Å². The topological polar surface area (TPSA) is 78.5 Å². The molecule has 0 saturated carbocycles. The number of nitrogens with zero attached hydrogens (tertiary/aromatic N) is 1. The van der Waals surface area contributed by atoms with E-state index < -0.39 is 10.0 Å². The normalized spacial score (nSPS) is 11.2. The minimum absolute atomic E-state index is 0.0851. The van der Waals surface area contributed by atoms with Gasteiger partial charge in [0.1, 0.15) is 0 Å². The molecule has 0 aliphatic rings. The summed E-state index contributed by atoms with van der Waals surface area (Å²) in [6.07, 6.45) is 0. The van der Waals surface area contributed by atoms with Crippen molar-refractivity contribution in [3.8, 4) is 0 Å². The monoisotopic (exact) mass is 479 g/mol. The van der Waals surface area contributed by atoms with Crippen LogP contribution < -0.4 is 14.9 Å². The predicted molar refractivity (Wildman–Crippen MR) is 139 cm³/mol. The average Bonchev–Trinajstić information content (AvgIpc) is 2.81. The third-order valence-corrected chi connectivity index (χ3v) is 7.54. The fourth-order valence-corrected chi connectivity index (χ4v) is 5.06. The second-order valence-electron chi connectivity index (χ2n) is 8.41. The molecule has 7 heteroatoms. The third-order valence-electron chi connectivity index (χ3n) is 6.02. The summed E-state index contributed by atoms with van der Waals surface area (Å²) in [4.78, 5) is 15.1. The molecule has 3 aromatic rings. The van der Waals surface area contributed by atoms with Crippen LogP contribution in [0.5, 0.6) is 0 Å². The molecule has 3 rings (SSSR count). The highest BCUT2D eigenvalue weighted by Gasteiger charge is 2.19. The summed E-state index contributed by atoms with van der Waals surface area (Å²) in [5.41, 5.74) is 5.55. The van der Waals surface area contributed by atoms with E-state index in [1.54, 1.807) is 31.2 Å². The van der Waals surface area contributed by atoms with Crippen LogP contribution in [0.1, 0.15) is 46.5 Å². The first-order valence-electron chi connectivity index (χ1n) is 11.5. The number of rotatable bonds is 9. The van der Waals surface area contributed by atoms with Crippen LogP contribution in [0, 0.1) is 20.8 Å². The predicted octanol–water partition coefficient (Wildman–Crippen LogP) is 5.19. The molecule has 0 atom stereocenters. The average molecular weight is 480 g/mol. The summed E-state index contributed by atoms with van der Waals surface area (Å²) >= 11 is 0. The largest absolute Gasteiger partial charge is 0.372 e. The van der Waals surface area contributed by atoms with Crippen LogP contribution >= 0.6 is 0 Å². The molecule has 0 radical (unpaired) electrons. The van der Waals surface area contributed by atoms with E-state index in [1.807, 2.05) is 44.2 Å². The minimum atomic E-state index is -3.85. The Kier molecular flexibility index (Phi) is 7.99. The maximum absolute atomic E-state index is 13.1. The Morgan fingerprint density at radius 2 is 1.47 bits per heavy atom. The summed E-state index contributed by atoms with van der Waals surface area (Å²) in [5, 5.41) is 2.89. The molecular weight excluding hydrogens is 446 g/mol. The minimum Gasteiger partial charge on any atom is -0.372 e. The Bertz CT molecular complexity index is 1260. The van der Waals surface area contributed by atoms with Crippen molar-refractivity contribution in [3.63, 3.8) is 0 Å². The molecule has 0 unspecified atom stereocenters. The Morgan fingerprint density at radius 1 is 0.824 bits per heavy atom. The lowest BCUT2D eigenvalue weighted by Crippen LogP contribution is -2.24. The highest BCUT2D eigenvalue weighted by molar-refractivity contribution is 7.92. The zero-order valence-electron chi connectivity index (χ0n) is 20.5. The molecule has 0 aliphatic carbocycles. The van der Waals surface area contributed by atoms with Crippen molar-refractivity contribution in [1.29, 1.82) is 0 Å². The molecule has 0 fully saturated rings. The Hall–Kier alpha value is -3.32. The first kappa shape index (κ1) is 25.3. The van der Waals surface area contributed by atoms with Gasteiger partial charge in [0.25, 0.3) is 15.9 Å². The van der Waals surface area contributed by atoms with Gasteiger partial charge in [0.15, 0.2) is 0 Å². The van der Waals surface area contributed by atoms with Crippen LogP contribution in [-0.4, -0.2) is 27.4 Å². The fraction of sp³-hybridized carbons (Fsp3) is 0.296. The second-order valence-corrected chi connectivity index (χ2v) is 10.1. The van der Waals surface area contributed by atoms with Crippen LogP contribution in [0.15, 0.2) is 65.6 Å². The molecule has 1 amide bonds. The maximum atomic E-state index is 13.1. The maximum Gasteiger partial charge on any atom is 0.262 e. The second kappa shape index (κ2) is 10.7. The van der Waals surface area contributed by atoms with Crippen molar-refractivity contribution in [2.75, 3.05) is 22.7 Å². The Balaban J connectivity index is 1.73. The van der Waals surface area contributed by atoms with Crippen LogP contribution in [0.4, 0.5) is 11.4 Å². The molecule has 6 nitrogen and oxygen atoms in total. The lowest BCUT2D eigenvalue weighted by Gasteiger charge is -2.21. The van der Waals surface area contributed by atoms with Crippen molar-refractivity contribution >= 4 is 27.3 Å². The summed E-state index contributed by atoms with van der Waals surface area (Å²) in [6, 6.07) is 18.2. The van der Waals surface area contributed by atoms with Crippen molar-refractivity contribution in [2.45, 2.75) is 46.1 Å². The molecular formula is C27H33N3O3S. The van der Waals surface area contributed by atoms with Crippen LogP contribution in [-0.2, 0) is 16.6 Å². The van der Waals surface area contributed by atoms with Crippen molar-refractivity contribution in [2.24, 2.45) is 0 Å². The lowest BCUT2D eigenvalue weighted by atomic mass is 10.1. The molecule has 0 spiro atoms. The van der Waals surface area contributed by atoms with E-state index in [0.29, 0.717) is 23.4 Å². The summed E-state index contributed by atoms with van der Waals surface area (Å²) in [7, 11) is -3.85. The van der Waals surface area contributed by atoms with Crippen molar-refractivity contribution in [3.05, 3.63) is 88.5 Å². The molecule has 0 heterocycles. The number of benzene rings is 3. The van der Waals surface area contributed by atoms with Gasteiger partial charge < -0.3 is 10.2 Å². The molecule has 0 aromatic heterocycles. The number of sulfonamides is 1. The SMILES string of the molecule is CCN(CC)c1ccc(CNC(=O)c2ccc(C)c(S(=O)(=O)Nc3ccc(C)c(C)c3)c2)cc1. The molecule has 180 valence electrons. The summed E-state index contributed by atoms with van der Waals surface area (Å²) in [5.74, 6) is -0.324. The molecule has 3 aromatic carbocycles. The lowest BCUT2D eigenvalue weighted by molar-refractivity contribution is 0.0950. The third kappa shape index (κ3) is 5.97. The van der Waals surface area contributed by atoms with Gasteiger partial charge in [-0.1, -0.05) is 24.3 Å². The quantitative estimate of drug-likeness (QED) is 0.443. The summed E-state index contributed by atoms with van der Waals surface area (Å²) < 4.78 is 28.8. The van der Waals surface area contributed by atoms with E-state index in [-0.39, 0.29) is 10.8 Å². The molecule has 0 bridgehead atoms. The van der Waals surface area contributed by atoms with Gasteiger partial charge in [-0.05, 0) is 93.3 Å². The number of hydrogen-bond donors (Lipinski definition) is 2. The van der Waals surface area contributed by atoms with Gasteiger partial charge in [-0.3, -0.25) is 9.52 Å². The van der Waals surface area contributed by atoms with E-state index in [4.69, 9.17) is 0 Å². The van der Waals surface area contributed by atoms with Crippen LogP contribution in [0.2, 0.25) is 0 Å². The standard InChI is InChI=1S/C27H33N3O3S/c1-6-30(7-2)25-14-10-22(11-15-25)18-28-27(31)23-12-8-20(4)26(17-23)34(32,33)29-24-13-9-19(3)21(5)16-24/h8-17,29H,6-7,18H2,1-5H3,(H,28,31). The molecule has 0 aliphatic heterocycles. The molecule has 0 saturated heterocycles. The Morgan fingerprint density at radius 3 is 2.09 bits per heavy atom. The van der Waals surface area contributed by atoms with E-state index in [1.165, 1.54) is 6.07 Å². The van der Waals surface area contributed by atoms with E-state index >= 15 is 0 Å². The first-order chi connectivity index (χ1) is 16.1. The molecule has 34 heavy (non-hydrogen) atoms.